The van der Waals surface area contributed by atoms with Gasteiger partial charge in [-0.2, -0.15) is 0 Å². The molecule has 9 heteroatoms. The van der Waals surface area contributed by atoms with E-state index in [0.29, 0.717) is 29.5 Å². The number of amides is 2. The average Bonchev–Trinajstić information content (AvgIpc) is 2.95. The van der Waals surface area contributed by atoms with Crippen molar-refractivity contribution in [1.82, 2.24) is 19.8 Å². The fourth-order valence-electron chi connectivity index (χ4n) is 3.16. The Hall–Kier alpha value is -2.71. The molecule has 1 fully saturated rings. The van der Waals surface area contributed by atoms with Crippen LogP contribution in [0.4, 0.5) is 10.5 Å². The highest BCUT2D eigenvalue weighted by atomic mass is 35.5. The van der Waals surface area contributed by atoms with Crippen LogP contribution in [0.2, 0.25) is 5.02 Å². The minimum absolute atomic E-state index is 0.184. The Morgan fingerprint density at radius 2 is 1.78 bits per heavy atom. The van der Waals surface area contributed by atoms with Crippen molar-refractivity contribution in [2.75, 3.05) is 38.1 Å². The fourth-order valence-corrected chi connectivity index (χ4v) is 3.29. The Morgan fingerprint density at radius 1 is 1.11 bits per heavy atom. The third kappa shape index (κ3) is 3.33. The van der Waals surface area contributed by atoms with Gasteiger partial charge < -0.3 is 14.5 Å². The van der Waals surface area contributed by atoms with Crippen molar-refractivity contribution in [1.29, 1.82) is 0 Å². The summed E-state index contributed by atoms with van der Waals surface area (Å²) in [4.78, 5) is 39.1. The van der Waals surface area contributed by atoms with Gasteiger partial charge in [-0.25, -0.2) is 9.78 Å². The van der Waals surface area contributed by atoms with Gasteiger partial charge in [0.2, 0.25) is 6.23 Å². The number of carbonyl (C=O) groups is 2. The van der Waals surface area contributed by atoms with Crippen LogP contribution in [0.1, 0.15) is 22.4 Å². The first-order valence-corrected chi connectivity index (χ1v) is 8.96. The molecule has 1 aromatic carbocycles. The number of fused-ring (bicyclic) bond motifs is 1. The highest BCUT2D eigenvalue weighted by Gasteiger charge is 2.43. The first kappa shape index (κ1) is 17.7. The maximum absolute atomic E-state index is 12.9. The summed E-state index contributed by atoms with van der Waals surface area (Å²) >= 11 is 5.95. The molecule has 0 bridgehead atoms. The lowest BCUT2D eigenvalue weighted by molar-refractivity contribution is 0.0479. The van der Waals surface area contributed by atoms with Crippen molar-refractivity contribution in [3.63, 3.8) is 0 Å². The Kier molecular flexibility index (Phi) is 4.67. The van der Waals surface area contributed by atoms with Gasteiger partial charge in [0.05, 0.1) is 0 Å². The van der Waals surface area contributed by atoms with Crippen molar-refractivity contribution in [2.45, 2.75) is 6.23 Å². The topological polar surface area (TPSA) is 78.9 Å². The van der Waals surface area contributed by atoms with E-state index < -0.39 is 12.3 Å². The molecule has 4 rings (SSSR count). The zero-order valence-electron chi connectivity index (χ0n) is 14.7. The number of hydrogen-bond acceptors (Lipinski definition) is 6. The van der Waals surface area contributed by atoms with Gasteiger partial charge in [-0.15, -0.1) is 0 Å². The van der Waals surface area contributed by atoms with Crippen LogP contribution in [0.5, 0.6) is 0 Å². The van der Waals surface area contributed by atoms with E-state index in [1.165, 1.54) is 17.3 Å². The largest absolute Gasteiger partial charge is 0.419 e. The Bertz CT molecular complexity index is 868. The summed E-state index contributed by atoms with van der Waals surface area (Å²) in [6.07, 6.45) is 1.49. The van der Waals surface area contributed by atoms with Gasteiger partial charge in [-0.1, -0.05) is 11.6 Å². The second-order valence-corrected chi connectivity index (χ2v) is 6.90. The number of nitrogens with zero attached hydrogens (tertiary/aromatic N) is 5. The summed E-state index contributed by atoms with van der Waals surface area (Å²) in [5.74, 6) is -0.364. The number of benzene rings is 1. The molecule has 1 saturated heterocycles. The van der Waals surface area contributed by atoms with Gasteiger partial charge in [0.1, 0.15) is 5.69 Å². The molecular weight excluding hydrogens is 370 g/mol. The first-order chi connectivity index (χ1) is 13.0. The standard InChI is InChI=1S/C18H18ClN5O3/c1-22-8-10-23(11-9-22)18(26)27-17-15-14(20-6-7-21-15)16(25)24(17)13-4-2-12(19)3-5-13/h2-7,17H,8-11H2,1H3/t17-/m0/s1. The number of anilines is 1. The van der Waals surface area contributed by atoms with Crippen LogP contribution in [0, 0.1) is 0 Å². The van der Waals surface area contributed by atoms with Crippen LogP contribution < -0.4 is 4.90 Å². The summed E-state index contributed by atoms with van der Waals surface area (Å²) in [6, 6.07) is 6.74. The molecule has 0 saturated carbocycles. The molecule has 1 atom stereocenters. The van der Waals surface area contributed by atoms with Crippen LogP contribution in [-0.4, -0.2) is 65.0 Å². The highest BCUT2D eigenvalue weighted by molar-refractivity contribution is 6.30. The van der Waals surface area contributed by atoms with E-state index in [1.807, 2.05) is 7.05 Å². The zero-order valence-corrected chi connectivity index (χ0v) is 15.5. The third-order valence-corrected chi connectivity index (χ3v) is 4.95. The number of hydrogen-bond donors (Lipinski definition) is 0. The number of piperazine rings is 1. The van der Waals surface area contributed by atoms with Gasteiger partial charge >= 0.3 is 6.09 Å². The summed E-state index contributed by atoms with van der Waals surface area (Å²) in [5, 5.41) is 0.546. The number of halogens is 1. The lowest BCUT2D eigenvalue weighted by Gasteiger charge is -2.33. The molecule has 0 unspecified atom stereocenters. The van der Waals surface area contributed by atoms with Gasteiger partial charge in [0.25, 0.3) is 5.91 Å². The normalized spacial score (nSPS) is 19.9. The summed E-state index contributed by atoms with van der Waals surface area (Å²) in [6.45, 7) is 2.69. The smallest absolute Gasteiger partial charge is 0.412 e. The maximum Gasteiger partial charge on any atom is 0.412 e. The Morgan fingerprint density at radius 3 is 2.48 bits per heavy atom. The van der Waals surface area contributed by atoms with E-state index in [-0.39, 0.29) is 11.6 Å². The summed E-state index contributed by atoms with van der Waals surface area (Å²) in [7, 11) is 2.01. The highest BCUT2D eigenvalue weighted by Crippen LogP contribution is 2.36. The monoisotopic (exact) mass is 387 g/mol. The van der Waals surface area contributed by atoms with Crippen molar-refractivity contribution in [3.05, 3.63) is 53.1 Å². The van der Waals surface area contributed by atoms with Crippen molar-refractivity contribution in [3.8, 4) is 0 Å². The molecule has 1 aromatic heterocycles. The number of rotatable bonds is 2. The Balaban J connectivity index is 1.63. The molecule has 2 aliphatic heterocycles. The molecule has 0 aliphatic carbocycles. The predicted octanol–water partition coefficient (Wildman–Crippen LogP) is 2.17. The number of aromatic nitrogens is 2. The van der Waals surface area contributed by atoms with Gasteiger partial charge in [-0.05, 0) is 31.3 Å². The summed E-state index contributed by atoms with van der Waals surface area (Å²) < 4.78 is 5.72. The lowest BCUT2D eigenvalue weighted by Crippen LogP contribution is -2.48. The van der Waals surface area contributed by atoms with Crippen LogP contribution in [-0.2, 0) is 4.74 Å². The van der Waals surface area contributed by atoms with Crippen molar-refractivity contribution >= 4 is 29.3 Å². The molecule has 140 valence electrons. The van der Waals surface area contributed by atoms with Crippen LogP contribution in [0.3, 0.4) is 0 Å². The number of carbonyl (C=O) groups excluding carboxylic acids is 2. The van der Waals surface area contributed by atoms with Crippen LogP contribution in [0.25, 0.3) is 0 Å². The van der Waals surface area contributed by atoms with Crippen LogP contribution in [0.15, 0.2) is 36.7 Å². The first-order valence-electron chi connectivity index (χ1n) is 8.59. The number of likely N-dealkylation sites (N-methyl/N-ethyl adjacent to an activating group) is 1. The van der Waals surface area contributed by atoms with Gasteiger partial charge in [0.15, 0.2) is 5.69 Å². The second-order valence-electron chi connectivity index (χ2n) is 6.47. The minimum Gasteiger partial charge on any atom is -0.419 e. The molecule has 27 heavy (non-hydrogen) atoms. The third-order valence-electron chi connectivity index (χ3n) is 4.70. The van der Waals surface area contributed by atoms with E-state index in [4.69, 9.17) is 16.3 Å². The quantitative estimate of drug-likeness (QED) is 0.785. The molecule has 8 nitrogen and oxygen atoms in total. The maximum atomic E-state index is 12.9. The van der Waals surface area contributed by atoms with E-state index in [0.717, 1.165) is 13.1 Å². The SMILES string of the molecule is CN1CCN(C(=O)O[C@H]2c3nccnc3C(=O)N2c2ccc(Cl)cc2)CC1. The van der Waals surface area contributed by atoms with Gasteiger partial charge in [0, 0.05) is 49.3 Å². The summed E-state index contributed by atoms with van der Waals surface area (Å²) in [5.41, 5.74) is 1.07. The van der Waals surface area contributed by atoms with E-state index >= 15 is 0 Å². The second kappa shape index (κ2) is 7.13. The predicted molar refractivity (Wildman–Crippen MR) is 98.6 cm³/mol. The lowest BCUT2D eigenvalue weighted by atomic mass is 10.3. The number of ether oxygens (including phenoxy) is 1. The molecular formula is C18H18ClN5O3. The average molecular weight is 388 g/mol. The molecule has 3 heterocycles. The molecule has 0 spiro atoms. The fraction of sp³-hybridized carbons (Fsp3) is 0.333. The molecule has 2 aromatic rings. The molecule has 0 N–H and O–H groups in total. The van der Waals surface area contributed by atoms with Crippen molar-refractivity contribution in [2.24, 2.45) is 0 Å². The van der Waals surface area contributed by atoms with Crippen molar-refractivity contribution < 1.29 is 14.3 Å². The minimum atomic E-state index is -0.963. The van der Waals surface area contributed by atoms with E-state index in [2.05, 4.69) is 14.9 Å². The molecule has 2 aliphatic rings. The van der Waals surface area contributed by atoms with E-state index in [9.17, 15) is 9.59 Å². The zero-order chi connectivity index (χ0) is 19.0. The molecule has 2 amide bonds. The molecule has 0 radical (unpaired) electrons. The van der Waals surface area contributed by atoms with Gasteiger partial charge in [-0.3, -0.25) is 14.7 Å². The Labute approximate surface area is 161 Å². The van der Waals surface area contributed by atoms with Crippen LogP contribution >= 0.6 is 11.6 Å². The van der Waals surface area contributed by atoms with E-state index in [1.54, 1.807) is 29.2 Å².